The molecule has 1 rings (SSSR count). The highest BCUT2D eigenvalue weighted by Gasteiger charge is 2.07. The van der Waals surface area contributed by atoms with Crippen molar-refractivity contribution in [2.45, 2.75) is 0 Å². The van der Waals surface area contributed by atoms with Crippen LogP contribution in [0.15, 0.2) is 18.2 Å². The number of halogens is 2. The third-order valence-electron chi connectivity index (χ3n) is 2.09. The van der Waals surface area contributed by atoms with E-state index in [0.29, 0.717) is 6.54 Å². The van der Waals surface area contributed by atoms with Gasteiger partial charge in [-0.15, -0.1) is 0 Å². The molecule has 1 aromatic carbocycles. The van der Waals surface area contributed by atoms with Gasteiger partial charge in [0.2, 0.25) is 0 Å². The molecule has 0 bridgehead atoms. The van der Waals surface area contributed by atoms with Gasteiger partial charge in [-0.05, 0) is 12.1 Å². The van der Waals surface area contributed by atoms with E-state index in [-0.39, 0.29) is 5.69 Å². The van der Waals surface area contributed by atoms with Crippen molar-refractivity contribution in [1.82, 2.24) is 5.32 Å². The van der Waals surface area contributed by atoms with Gasteiger partial charge in [-0.2, -0.15) is 0 Å². The van der Waals surface area contributed by atoms with Crippen molar-refractivity contribution in [2.24, 2.45) is 0 Å². The molecule has 0 spiro atoms. The van der Waals surface area contributed by atoms with Gasteiger partial charge in [0.05, 0.1) is 32.9 Å². The van der Waals surface area contributed by atoms with Crippen molar-refractivity contribution < 1.29 is 18.5 Å². The number of carbonyl (C=O) groups is 1. The number of anilines is 1. The van der Waals surface area contributed by atoms with E-state index in [9.17, 15) is 13.6 Å². The first-order valence-electron chi connectivity index (χ1n) is 5.28. The molecule has 0 aliphatic heterocycles. The standard InChI is InChI=1S/C11H15F2N3O/c1-16(2)6-5-14-11(17)15-10-4-3-8(12)7-9(10)13/h3-4,7H,5-6H2,1-2H3,(H2,14,15,17)/p+1. The number of nitrogens with one attached hydrogen (secondary N) is 3. The minimum Gasteiger partial charge on any atom is -0.338 e. The first kappa shape index (κ1) is 13.4. The van der Waals surface area contributed by atoms with Crippen LogP contribution >= 0.6 is 0 Å². The van der Waals surface area contributed by atoms with Gasteiger partial charge in [0.25, 0.3) is 0 Å². The van der Waals surface area contributed by atoms with E-state index in [1.54, 1.807) is 0 Å². The predicted octanol–water partition coefficient (Wildman–Crippen LogP) is 0.231. The zero-order valence-corrected chi connectivity index (χ0v) is 9.81. The fourth-order valence-electron chi connectivity index (χ4n) is 1.18. The Morgan fingerprint density at radius 3 is 2.65 bits per heavy atom. The molecule has 2 amide bonds. The van der Waals surface area contributed by atoms with Crippen molar-refractivity contribution in [3.8, 4) is 0 Å². The van der Waals surface area contributed by atoms with Crippen LogP contribution in [-0.2, 0) is 0 Å². The molecule has 0 saturated heterocycles. The third kappa shape index (κ3) is 4.78. The Morgan fingerprint density at radius 1 is 1.35 bits per heavy atom. The van der Waals surface area contributed by atoms with Crippen molar-refractivity contribution in [3.63, 3.8) is 0 Å². The van der Waals surface area contributed by atoms with Gasteiger partial charge in [0.1, 0.15) is 11.6 Å². The molecule has 0 atom stereocenters. The van der Waals surface area contributed by atoms with Gasteiger partial charge in [0.15, 0.2) is 0 Å². The maximum Gasteiger partial charge on any atom is 0.319 e. The summed E-state index contributed by atoms with van der Waals surface area (Å²) in [6.45, 7) is 1.25. The van der Waals surface area contributed by atoms with Crippen LogP contribution in [0, 0.1) is 11.6 Å². The van der Waals surface area contributed by atoms with Gasteiger partial charge < -0.3 is 15.5 Å². The molecule has 0 unspecified atom stereocenters. The van der Waals surface area contributed by atoms with Gasteiger partial charge in [-0.3, -0.25) is 0 Å². The lowest BCUT2D eigenvalue weighted by molar-refractivity contribution is -0.856. The quantitative estimate of drug-likeness (QED) is 0.697. The Hall–Kier alpha value is -1.69. The summed E-state index contributed by atoms with van der Waals surface area (Å²) in [4.78, 5) is 12.5. The number of carbonyl (C=O) groups excluding carboxylic acids is 1. The number of amides is 2. The lowest BCUT2D eigenvalue weighted by Gasteiger charge is -2.10. The molecule has 1 aromatic rings. The van der Waals surface area contributed by atoms with E-state index >= 15 is 0 Å². The largest absolute Gasteiger partial charge is 0.338 e. The predicted molar refractivity (Wildman–Crippen MR) is 61.1 cm³/mol. The van der Waals surface area contributed by atoms with Gasteiger partial charge in [-0.1, -0.05) is 0 Å². The molecule has 17 heavy (non-hydrogen) atoms. The van der Waals surface area contributed by atoms with Crippen LogP contribution in [0.2, 0.25) is 0 Å². The normalized spacial score (nSPS) is 10.4. The Kier molecular flexibility index (Phi) is 4.84. The van der Waals surface area contributed by atoms with Gasteiger partial charge in [-0.25, -0.2) is 13.6 Å². The number of urea groups is 1. The summed E-state index contributed by atoms with van der Waals surface area (Å²) in [6.07, 6.45) is 0. The molecule has 0 aliphatic carbocycles. The zero-order valence-electron chi connectivity index (χ0n) is 9.81. The SMILES string of the molecule is C[NH+](C)CCNC(=O)Nc1ccc(F)cc1F. The maximum absolute atomic E-state index is 13.2. The van der Waals surface area contributed by atoms with Gasteiger partial charge >= 0.3 is 6.03 Å². The van der Waals surface area contributed by atoms with E-state index in [1.165, 1.54) is 11.0 Å². The molecule has 0 saturated carbocycles. The van der Waals surface area contributed by atoms with E-state index < -0.39 is 17.7 Å². The second-order valence-electron chi connectivity index (χ2n) is 3.96. The lowest BCUT2D eigenvalue weighted by Crippen LogP contribution is -3.06. The summed E-state index contributed by atoms with van der Waals surface area (Å²) >= 11 is 0. The summed E-state index contributed by atoms with van der Waals surface area (Å²) in [7, 11) is 3.92. The Morgan fingerprint density at radius 2 is 2.06 bits per heavy atom. The second-order valence-corrected chi connectivity index (χ2v) is 3.96. The highest BCUT2D eigenvalue weighted by Crippen LogP contribution is 2.14. The second kappa shape index (κ2) is 6.15. The zero-order chi connectivity index (χ0) is 12.8. The highest BCUT2D eigenvalue weighted by molar-refractivity contribution is 5.89. The highest BCUT2D eigenvalue weighted by atomic mass is 19.1. The number of benzene rings is 1. The average molecular weight is 244 g/mol. The number of hydrogen-bond acceptors (Lipinski definition) is 1. The Balaban J connectivity index is 2.45. The van der Waals surface area contributed by atoms with Crippen LogP contribution in [0.3, 0.4) is 0 Å². The van der Waals surface area contributed by atoms with Crippen molar-refractivity contribution >= 4 is 11.7 Å². The minimum absolute atomic E-state index is 0.0406. The molecular formula is C11H16F2N3O+. The topological polar surface area (TPSA) is 45.6 Å². The van der Waals surface area contributed by atoms with Crippen LogP contribution in [0.4, 0.5) is 19.3 Å². The minimum atomic E-state index is -0.793. The van der Waals surface area contributed by atoms with Crippen molar-refractivity contribution in [3.05, 3.63) is 29.8 Å². The maximum atomic E-state index is 13.2. The van der Waals surface area contributed by atoms with Crippen LogP contribution in [0.25, 0.3) is 0 Å². The number of likely N-dealkylation sites (N-methyl/N-ethyl adjacent to an activating group) is 1. The Bertz CT molecular complexity index is 396. The van der Waals surface area contributed by atoms with Crippen LogP contribution in [0.5, 0.6) is 0 Å². The third-order valence-corrected chi connectivity index (χ3v) is 2.09. The fourth-order valence-corrected chi connectivity index (χ4v) is 1.18. The summed E-state index contributed by atoms with van der Waals surface area (Å²) in [5, 5.41) is 4.88. The molecule has 0 radical (unpaired) electrons. The number of rotatable bonds is 4. The molecule has 0 heterocycles. The van der Waals surface area contributed by atoms with Crippen LogP contribution < -0.4 is 15.5 Å². The molecule has 94 valence electrons. The summed E-state index contributed by atoms with van der Waals surface area (Å²) < 4.78 is 25.8. The average Bonchev–Trinajstić information content (AvgIpc) is 2.21. The smallest absolute Gasteiger partial charge is 0.319 e. The summed E-state index contributed by atoms with van der Waals surface area (Å²) in [6, 6.07) is 2.49. The van der Waals surface area contributed by atoms with Crippen LogP contribution in [0.1, 0.15) is 0 Å². The van der Waals surface area contributed by atoms with Crippen molar-refractivity contribution in [1.29, 1.82) is 0 Å². The van der Waals surface area contributed by atoms with E-state index in [1.807, 2.05) is 14.1 Å². The molecule has 6 heteroatoms. The van der Waals surface area contributed by atoms with Crippen LogP contribution in [-0.4, -0.2) is 33.2 Å². The Labute approximate surface area is 98.6 Å². The van der Waals surface area contributed by atoms with E-state index in [0.717, 1.165) is 18.7 Å². The first-order chi connectivity index (χ1) is 7.99. The van der Waals surface area contributed by atoms with Gasteiger partial charge in [0, 0.05) is 6.07 Å². The lowest BCUT2D eigenvalue weighted by atomic mass is 10.3. The molecular weight excluding hydrogens is 228 g/mol. The molecule has 0 aromatic heterocycles. The fraction of sp³-hybridized carbons (Fsp3) is 0.364. The summed E-state index contributed by atoms with van der Waals surface area (Å²) in [5.74, 6) is -1.47. The number of quaternary nitrogens is 1. The summed E-state index contributed by atoms with van der Waals surface area (Å²) in [5.41, 5.74) is -0.0406. The molecule has 4 nitrogen and oxygen atoms in total. The molecule has 0 fully saturated rings. The molecule has 0 aliphatic rings. The van der Waals surface area contributed by atoms with E-state index in [4.69, 9.17) is 0 Å². The monoisotopic (exact) mass is 244 g/mol. The van der Waals surface area contributed by atoms with E-state index in [2.05, 4.69) is 10.6 Å². The molecule has 3 N–H and O–H groups in total. The first-order valence-corrected chi connectivity index (χ1v) is 5.28. The number of hydrogen-bond donors (Lipinski definition) is 3. The van der Waals surface area contributed by atoms with Crippen molar-refractivity contribution in [2.75, 3.05) is 32.5 Å².